The number of unbranched alkanes of at least 4 members (excludes halogenated alkanes) is 5. The molecule has 6 saturated heterocycles. The third-order valence-electron chi connectivity index (χ3n) is 14.6. The predicted octanol–water partition coefficient (Wildman–Crippen LogP) is 5.44. The number of rotatable bonds is 19. The Hall–Kier alpha value is -3.56. The molecule has 8 nitrogen and oxygen atoms in total. The summed E-state index contributed by atoms with van der Waals surface area (Å²) in [6.45, 7) is 26.3. The lowest BCUT2D eigenvalue weighted by Crippen LogP contribution is -2.74. The van der Waals surface area contributed by atoms with Crippen molar-refractivity contribution in [3.63, 3.8) is 0 Å². The quantitative estimate of drug-likeness (QED) is 0.0527. The van der Waals surface area contributed by atoms with E-state index in [1.54, 1.807) is 0 Å². The Balaban J connectivity index is 0.743. The lowest BCUT2D eigenvalue weighted by atomic mass is 10.0. The van der Waals surface area contributed by atoms with E-state index in [1.165, 1.54) is 183 Å². The van der Waals surface area contributed by atoms with Gasteiger partial charge in [0.2, 0.25) is 12.7 Å². The lowest BCUT2D eigenvalue weighted by molar-refractivity contribution is -1.08. The van der Waals surface area contributed by atoms with Crippen LogP contribution in [-0.4, -0.2) is 119 Å². The van der Waals surface area contributed by atoms with Gasteiger partial charge in [0.05, 0.1) is 26.7 Å². The fraction of sp³-hybridized carbons (Fsp3) is 0.574. The number of hydrogen-bond donors (Lipinski definition) is 0. The zero-order chi connectivity index (χ0) is 37.6. The Kier molecular flexibility index (Phi) is 11.8. The maximum Gasteiger partial charge on any atom is 0.244 e. The molecule has 6 aliphatic heterocycles. The minimum atomic E-state index is 0.944. The minimum Gasteiger partial charge on any atom is -0.306 e. The number of aryl methyl sites for hydroxylation is 2. The van der Waals surface area contributed by atoms with Crippen LogP contribution in [0.3, 0.4) is 0 Å². The van der Waals surface area contributed by atoms with Crippen LogP contribution in [0.25, 0.3) is 0 Å². The maximum atomic E-state index is 2.60. The van der Waals surface area contributed by atoms with Crippen molar-refractivity contribution in [2.24, 2.45) is 7.05 Å². The van der Waals surface area contributed by atoms with E-state index in [1.807, 2.05) is 0 Å². The molecule has 6 fully saturated rings. The molecule has 0 atom stereocenters. The van der Waals surface area contributed by atoms with E-state index >= 15 is 0 Å². The third kappa shape index (κ3) is 9.53. The van der Waals surface area contributed by atoms with E-state index in [0.717, 1.165) is 19.6 Å². The molecule has 0 aliphatic carbocycles. The summed E-state index contributed by atoms with van der Waals surface area (Å²) >= 11 is 0. The van der Waals surface area contributed by atoms with Crippen LogP contribution < -0.4 is 9.13 Å². The van der Waals surface area contributed by atoms with Gasteiger partial charge in [0, 0.05) is 11.1 Å². The second-order valence-electron chi connectivity index (χ2n) is 18.7. The minimum absolute atomic E-state index is 0.944. The number of piperazine rings is 6. The number of quaternary nitrogens is 4. The van der Waals surface area contributed by atoms with E-state index in [4.69, 9.17) is 0 Å². The zero-order valence-corrected chi connectivity index (χ0v) is 34.5. The molecular formula is C47H72N8+6. The van der Waals surface area contributed by atoms with E-state index < -0.39 is 0 Å². The first-order valence-corrected chi connectivity index (χ1v) is 22.1. The molecule has 0 radical (unpaired) electrons. The predicted molar refractivity (Wildman–Crippen MR) is 220 cm³/mol. The molecule has 2 aromatic heterocycles. The highest BCUT2D eigenvalue weighted by molar-refractivity contribution is 5.23. The first-order chi connectivity index (χ1) is 26.8. The Morgan fingerprint density at radius 1 is 0.527 bits per heavy atom. The standard InChI is InChI=1S/C47H72N8/c1-3-4-5-6-7-8-19-49-22-23-51(43-49)39-45-13-17-47(18-14-45)41-55-35-29-53(30-36-55,31-37-55)25-10-9-24-52-26-32-54(33-27-52,34-28-52)40-46-15-11-44(12-16-46)38-50-21-20-48(2)42-50/h9-18,20-23,42-43H,3-8,19,24-41H2,1-2H3/q+6/b10-9+. The zero-order valence-electron chi connectivity index (χ0n) is 34.5. The summed E-state index contributed by atoms with van der Waals surface area (Å²) in [5.74, 6) is 0. The van der Waals surface area contributed by atoms with E-state index in [-0.39, 0.29) is 0 Å². The summed E-state index contributed by atoms with van der Waals surface area (Å²) < 4.78 is 14.3. The second-order valence-corrected chi connectivity index (χ2v) is 18.7. The van der Waals surface area contributed by atoms with Crippen molar-refractivity contribution in [2.75, 3.05) is 91.6 Å². The average molecular weight is 749 g/mol. The fourth-order valence-electron chi connectivity index (χ4n) is 10.5. The Morgan fingerprint density at radius 3 is 1.53 bits per heavy atom. The van der Waals surface area contributed by atoms with Crippen LogP contribution in [0.1, 0.15) is 67.7 Å². The fourth-order valence-corrected chi connectivity index (χ4v) is 10.5. The molecule has 0 spiro atoms. The van der Waals surface area contributed by atoms with Gasteiger partial charge in [-0.2, -0.15) is 0 Å². The Morgan fingerprint density at radius 2 is 1.00 bits per heavy atom. The van der Waals surface area contributed by atoms with Crippen LogP contribution in [0, 0.1) is 0 Å². The molecular weight excluding hydrogens is 677 g/mol. The highest BCUT2D eigenvalue weighted by Gasteiger charge is 2.50. The van der Waals surface area contributed by atoms with Crippen LogP contribution in [0.5, 0.6) is 0 Å². The normalized spacial score (nSPS) is 27.4. The first-order valence-electron chi connectivity index (χ1n) is 22.1. The smallest absolute Gasteiger partial charge is 0.244 e. The number of nitrogens with zero attached hydrogens (tertiary/aromatic N) is 8. The molecule has 8 heterocycles. The molecule has 0 amide bonds. The SMILES string of the molecule is CCCCCCCCn1cc[n+](Cc2ccc(C[N+]34CC[N+](C/C=C/C[N+]56CC[N+](Cc7ccc(Cn8cc[n+](C)c8)cc7)(CC5)CC6)(CC3)CC4)cc2)c1. The van der Waals surface area contributed by atoms with Gasteiger partial charge in [-0.25, -0.2) is 18.3 Å². The van der Waals surface area contributed by atoms with Gasteiger partial charge in [-0.15, -0.1) is 0 Å². The Labute approximate surface area is 332 Å². The van der Waals surface area contributed by atoms with Crippen LogP contribution in [-0.2, 0) is 39.8 Å². The van der Waals surface area contributed by atoms with Crippen LogP contribution in [0.15, 0.2) is 98.1 Å². The molecule has 10 rings (SSSR count). The van der Waals surface area contributed by atoms with E-state index in [2.05, 4.69) is 130 Å². The first kappa shape index (κ1) is 38.3. The Bertz CT molecular complexity index is 1800. The van der Waals surface area contributed by atoms with Gasteiger partial charge in [-0.3, -0.25) is 0 Å². The molecule has 294 valence electrons. The summed E-state index contributed by atoms with van der Waals surface area (Å²) in [4.78, 5) is 0. The van der Waals surface area contributed by atoms with Crippen molar-refractivity contribution < 1.29 is 27.1 Å². The monoisotopic (exact) mass is 749 g/mol. The molecule has 2 aromatic carbocycles. The summed E-state index contributed by atoms with van der Waals surface area (Å²) in [5.41, 5.74) is 5.82. The summed E-state index contributed by atoms with van der Waals surface area (Å²) in [6, 6.07) is 19.1. The van der Waals surface area contributed by atoms with Crippen molar-refractivity contribution in [2.45, 2.75) is 78.2 Å². The number of aromatic nitrogens is 4. The van der Waals surface area contributed by atoms with Gasteiger partial charge in [0.15, 0.2) is 0 Å². The van der Waals surface area contributed by atoms with E-state index in [0.29, 0.717) is 0 Å². The topological polar surface area (TPSA) is 17.6 Å². The van der Waals surface area contributed by atoms with Crippen LogP contribution in [0.4, 0.5) is 0 Å². The second kappa shape index (κ2) is 16.9. The van der Waals surface area contributed by atoms with Gasteiger partial charge < -0.3 is 17.9 Å². The van der Waals surface area contributed by atoms with Crippen molar-refractivity contribution in [1.82, 2.24) is 9.13 Å². The summed E-state index contributed by atoms with van der Waals surface area (Å²) in [7, 11) is 2.08. The average Bonchev–Trinajstić information content (AvgIpc) is 3.85. The molecule has 55 heavy (non-hydrogen) atoms. The molecule has 6 aliphatic rings. The number of imidazole rings is 2. The van der Waals surface area contributed by atoms with E-state index in [9.17, 15) is 0 Å². The third-order valence-corrected chi connectivity index (χ3v) is 14.6. The van der Waals surface area contributed by atoms with Gasteiger partial charge >= 0.3 is 0 Å². The molecule has 4 bridgehead atoms. The lowest BCUT2D eigenvalue weighted by Gasteiger charge is -2.55. The van der Waals surface area contributed by atoms with Crippen molar-refractivity contribution in [1.29, 1.82) is 0 Å². The van der Waals surface area contributed by atoms with Gasteiger partial charge in [-0.05, 0) is 36.1 Å². The van der Waals surface area contributed by atoms with Crippen molar-refractivity contribution in [3.05, 3.63) is 120 Å². The summed E-state index contributed by atoms with van der Waals surface area (Å²) in [5, 5.41) is 0. The molecule has 0 unspecified atom stereocenters. The van der Waals surface area contributed by atoms with Crippen molar-refractivity contribution >= 4 is 0 Å². The van der Waals surface area contributed by atoms with Crippen LogP contribution in [0.2, 0.25) is 0 Å². The largest absolute Gasteiger partial charge is 0.306 e. The number of benzene rings is 2. The highest BCUT2D eigenvalue weighted by atomic mass is 15.5. The van der Waals surface area contributed by atoms with Gasteiger partial charge in [-0.1, -0.05) is 81.1 Å². The number of fused-ring (bicyclic) bond motifs is 6. The van der Waals surface area contributed by atoms with Gasteiger partial charge in [0.25, 0.3) is 0 Å². The molecule has 8 heteroatoms. The summed E-state index contributed by atoms with van der Waals surface area (Å²) in [6.07, 6.45) is 26.5. The van der Waals surface area contributed by atoms with Crippen LogP contribution >= 0.6 is 0 Å². The molecule has 4 aromatic rings. The number of hydrogen-bond acceptors (Lipinski definition) is 0. The maximum absolute atomic E-state index is 2.60. The molecule has 0 N–H and O–H groups in total. The van der Waals surface area contributed by atoms with Gasteiger partial charge in [0.1, 0.15) is 130 Å². The van der Waals surface area contributed by atoms with Crippen molar-refractivity contribution in [3.8, 4) is 0 Å². The molecule has 0 saturated carbocycles. The highest BCUT2D eigenvalue weighted by Crippen LogP contribution is 2.31.